The second-order valence-electron chi connectivity index (χ2n) is 17.5. The quantitative estimate of drug-likeness (QED) is 0.117. The minimum Gasteiger partial charge on any atom is -0.493 e. The van der Waals surface area contributed by atoms with Gasteiger partial charge in [0.2, 0.25) is 11.9 Å². The third-order valence-electron chi connectivity index (χ3n) is 9.00. The van der Waals surface area contributed by atoms with Gasteiger partial charge in [-0.1, -0.05) is 0 Å². The molecule has 2 aromatic carbocycles. The number of ether oxygens (including phenoxy) is 4. The zero-order valence-electron chi connectivity index (χ0n) is 39.2. The number of aromatic nitrogens is 4. The number of fused-ring (bicyclic) bond motifs is 2. The van der Waals surface area contributed by atoms with Gasteiger partial charge in [-0.3, -0.25) is 24.1 Å². The fourth-order valence-electron chi connectivity index (χ4n) is 6.18. The van der Waals surface area contributed by atoms with Crippen LogP contribution < -0.4 is 29.5 Å². The molecule has 0 unspecified atom stereocenters. The standard InChI is InChI=1S/C23H28N4O6.C14H22N4O4.C9H7ClO2/c1-14(2)27(22(31)33-23(3,4)5)21-24-10-8-18(25-21)26(13-19(28)29)20(30)16-6-7-17-15(12-16)9-11-32-17;1-9(2)18(13(21)22-14(3,4)5)12-15-7-6-10(17-12)16-8-11(19)20;10-9(11)7-1-2-8-6(5-7)3-4-12-8/h6-8,10,12,14H,9,11,13H2,1-5H3,(H,28,29);6-7,9H,8H2,1-5H3,(H,19,20)(H,15,16,17);1-2,5H,3-4H2. The van der Waals surface area contributed by atoms with Crippen molar-refractivity contribution in [2.75, 3.05) is 46.3 Å². The smallest absolute Gasteiger partial charge is 0.417 e. The number of aliphatic carboxylic acids is 2. The van der Waals surface area contributed by atoms with Gasteiger partial charge in [0.25, 0.3) is 11.1 Å². The van der Waals surface area contributed by atoms with Crippen LogP contribution in [-0.4, -0.2) is 115 Å². The number of nitrogens with one attached hydrogen (secondary N) is 1. The number of rotatable bonds is 12. The van der Waals surface area contributed by atoms with E-state index < -0.39 is 53.0 Å². The van der Waals surface area contributed by atoms with Crippen LogP contribution in [0.1, 0.15) is 101 Å². The topological polar surface area (TPSA) is 253 Å². The van der Waals surface area contributed by atoms with Gasteiger partial charge in [-0.05, 0) is 140 Å². The molecule has 2 aliphatic rings. The molecule has 2 aromatic heterocycles. The Morgan fingerprint density at radius 1 is 0.701 bits per heavy atom. The molecule has 360 valence electrons. The van der Waals surface area contributed by atoms with Crippen LogP contribution in [0.15, 0.2) is 60.9 Å². The summed E-state index contributed by atoms with van der Waals surface area (Å²) in [4.78, 5) is 91.6. The highest BCUT2D eigenvalue weighted by molar-refractivity contribution is 6.67. The highest BCUT2D eigenvalue weighted by Crippen LogP contribution is 2.29. The maximum absolute atomic E-state index is 13.3. The van der Waals surface area contributed by atoms with E-state index in [1.165, 1.54) is 34.3 Å². The van der Waals surface area contributed by atoms with E-state index >= 15 is 0 Å². The number of carbonyl (C=O) groups excluding carboxylic acids is 4. The molecule has 3 N–H and O–H groups in total. The van der Waals surface area contributed by atoms with E-state index in [0.717, 1.165) is 28.2 Å². The summed E-state index contributed by atoms with van der Waals surface area (Å²) in [6.45, 7) is 18.1. The van der Waals surface area contributed by atoms with Crippen LogP contribution in [0.25, 0.3) is 0 Å². The van der Waals surface area contributed by atoms with Gasteiger partial charge in [0.05, 0.1) is 13.2 Å². The zero-order chi connectivity index (χ0) is 49.8. The summed E-state index contributed by atoms with van der Waals surface area (Å²) in [7, 11) is 0. The minimum atomic E-state index is -1.21. The van der Waals surface area contributed by atoms with Crippen molar-refractivity contribution in [3.63, 3.8) is 0 Å². The van der Waals surface area contributed by atoms with Gasteiger partial charge in [-0.25, -0.2) is 29.4 Å². The summed E-state index contributed by atoms with van der Waals surface area (Å²) >= 11 is 5.33. The van der Waals surface area contributed by atoms with Crippen LogP contribution in [0.4, 0.5) is 33.1 Å². The molecular weight excluding hydrogens is 892 g/mol. The van der Waals surface area contributed by atoms with Gasteiger partial charge >= 0.3 is 24.1 Å². The summed E-state index contributed by atoms with van der Waals surface area (Å²) in [6, 6.07) is 12.6. The number of hydrogen-bond acceptors (Lipinski definition) is 15. The van der Waals surface area contributed by atoms with Gasteiger partial charge in [0.15, 0.2) is 0 Å². The monoisotopic (exact) mass is 948 g/mol. The average Bonchev–Trinajstić information content (AvgIpc) is 3.90. The second-order valence-corrected chi connectivity index (χ2v) is 17.8. The first-order valence-electron chi connectivity index (χ1n) is 21.2. The van der Waals surface area contributed by atoms with E-state index in [2.05, 4.69) is 25.3 Å². The zero-order valence-corrected chi connectivity index (χ0v) is 39.9. The van der Waals surface area contributed by atoms with Gasteiger partial charge in [-0.2, -0.15) is 9.97 Å². The van der Waals surface area contributed by atoms with E-state index in [-0.39, 0.29) is 36.3 Å². The number of anilines is 4. The molecule has 21 heteroatoms. The molecule has 0 saturated heterocycles. The Kier molecular flexibility index (Phi) is 17.9. The first-order chi connectivity index (χ1) is 31.3. The third-order valence-corrected chi connectivity index (χ3v) is 9.22. The molecule has 2 aliphatic heterocycles. The van der Waals surface area contributed by atoms with Gasteiger partial charge < -0.3 is 34.5 Å². The number of carboxylic acid groups (broad SMARTS) is 2. The van der Waals surface area contributed by atoms with Crippen molar-refractivity contribution in [2.45, 2.75) is 105 Å². The molecule has 0 spiro atoms. The molecule has 67 heavy (non-hydrogen) atoms. The molecule has 4 heterocycles. The average molecular weight is 949 g/mol. The normalized spacial score (nSPS) is 12.4. The summed E-state index contributed by atoms with van der Waals surface area (Å²) in [5.41, 5.74) is 1.44. The summed E-state index contributed by atoms with van der Waals surface area (Å²) < 4.78 is 21.6. The lowest BCUT2D eigenvalue weighted by Gasteiger charge is -2.29. The van der Waals surface area contributed by atoms with Crippen molar-refractivity contribution < 1.29 is 57.9 Å². The molecule has 0 radical (unpaired) electrons. The largest absolute Gasteiger partial charge is 0.493 e. The van der Waals surface area contributed by atoms with E-state index in [1.54, 1.807) is 91.8 Å². The highest BCUT2D eigenvalue weighted by Gasteiger charge is 2.31. The van der Waals surface area contributed by atoms with Crippen LogP contribution in [0, 0.1) is 0 Å². The fourth-order valence-corrected chi connectivity index (χ4v) is 6.30. The lowest BCUT2D eigenvalue weighted by atomic mass is 10.1. The number of amides is 3. The van der Waals surface area contributed by atoms with E-state index in [9.17, 15) is 33.9 Å². The van der Waals surface area contributed by atoms with E-state index in [4.69, 9.17) is 35.7 Å². The summed E-state index contributed by atoms with van der Waals surface area (Å²) in [5.74, 6) is -0.636. The number of carboxylic acids is 2. The highest BCUT2D eigenvalue weighted by atomic mass is 35.5. The lowest BCUT2D eigenvalue weighted by Crippen LogP contribution is -2.42. The number of nitrogens with zero attached hydrogens (tertiary/aromatic N) is 7. The van der Waals surface area contributed by atoms with Crippen LogP contribution in [0.5, 0.6) is 11.5 Å². The number of carbonyl (C=O) groups is 6. The number of hydrogen-bond donors (Lipinski definition) is 3. The second kappa shape index (κ2) is 22.9. The Labute approximate surface area is 393 Å². The first-order valence-corrected chi connectivity index (χ1v) is 21.6. The molecule has 0 saturated carbocycles. The Balaban J connectivity index is 0.000000246. The van der Waals surface area contributed by atoms with Gasteiger partial charge in [-0.15, -0.1) is 0 Å². The molecule has 4 aromatic rings. The maximum Gasteiger partial charge on any atom is 0.417 e. The van der Waals surface area contributed by atoms with Crippen molar-refractivity contribution in [3.8, 4) is 11.5 Å². The van der Waals surface area contributed by atoms with Gasteiger partial charge in [0.1, 0.15) is 47.4 Å². The first kappa shape index (κ1) is 52.5. The predicted octanol–water partition coefficient (Wildman–Crippen LogP) is 7.42. The molecular formula is C46H57ClN8O12. The third kappa shape index (κ3) is 15.8. The fraction of sp³-hybridized carbons (Fsp3) is 0.435. The molecule has 0 aliphatic carbocycles. The van der Waals surface area contributed by atoms with Crippen LogP contribution >= 0.6 is 11.6 Å². The maximum atomic E-state index is 13.3. The van der Waals surface area contributed by atoms with Gasteiger partial charge in [0, 0.05) is 48.4 Å². The predicted molar refractivity (Wildman–Crippen MR) is 249 cm³/mol. The SMILES string of the molecule is CC(C)N(C(=O)OC(C)(C)C)c1nccc(N(CC(=O)O)C(=O)c2ccc3c(c2)CCO3)n1.CC(C)N(C(=O)OC(C)(C)C)c1nccc(NCC(=O)O)n1.O=C(Cl)c1ccc2c(c1)CCO2. The number of benzene rings is 2. The van der Waals surface area contributed by atoms with Crippen molar-refractivity contribution in [1.29, 1.82) is 0 Å². The molecule has 20 nitrogen and oxygen atoms in total. The summed E-state index contributed by atoms with van der Waals surface area (Å²) in [6.07, 6.45) is 3.16. The van der Waals surface area contributed by atoms with Crippen molar-refractivity contribution in [1.82, 2.24) is 19.9 Å². The van der Waals surface area contributed by atoms with Crippen molar-refractivity contribution >= 4 is 70.4 Å². The van der Waals surface area contributed by atoms with Crippen LogP contribution in [0.3, 0.4) is 0 Å². The van der Waals surface area contributed by atoms with Crippen molar-refractivity contribution in [2.24, 2.45) is 0 Å². The van der Waals surface area contributed by atoms with Crippen LogP contribution in [0.2, 0.25) is 0 Å². The molecule has 3 amide bonds. The Morgan fingerprint density at radius 2 is 1.18 bits per heavy atom. The minimum absolute atomic E-state index is 0.00212. The van der Waals surface area contributed by atoms with Crippen molar-refractivity contribution in [3.05, 3.63) is 83.2 Å². The Morgan fingerprint density at radius 3 is 1.64 bits per heavy atom. The lowest BCUT2D eigenvalue weighted by molar-refractivity contribution is -0.136. The Hall–Kier alpha value is -7.09. The molecule has 0 bridgehead atoms. The molecule has 0 atom stereocenters. The molecule has 0 fully saturated rings. The summed E-state index contributed by atoms with van der Waals surface area (Å²) in [5, 5.41) is 20.3. The van der Waals surface area contributed by atoms with E-state index in [1.807, 2.05) is 13.8 Å². The molecule has 6 rings (SSSR count). The Bertz CT molecular complexity index is 2440. The number of halogens is 1. The van der Waals surface area contributed by atoms with E-state index in [0.29, 0.717) is 42.3 Å². The van der Waals surface area contributed by atoms with Crippen LogP contribution in [-0.2, 0) is 31.9 Å².